The summed E-state index contributed by atoms with van der Waals surface area (Å²) < 4.78 is 39.1. The summed E-state index contributed by atoms with van der Waals surface area (Å²) in [4.78, 5) is 0. The summed E-state index contributed by atoms with van der Waals surface area (Å²) in [7, 11) is 1.33. The highest BCUT2D eigenvalue weighted by molar-refractivity contribution is 5.37. The fourth-order valence-corrected chi connectivity index (χ4v) is 1.70. The molecule has 0 aliphatic carbocycles. The van der Waals surface area contributed by atoms with E-state index in [4.69, 9.17) is 0 Å². The third kappa shape index (κ3) is 2.07. The maximum Gasteiger partial charge on any atom is 0.410 e. The number of halogens is 3. The Labute approximate surface area is 93.7 Å². The van der Waals surface area contributed by atoms with Gasteiger partial charge in [0.1, 0.15) is 5.54 Å². The molecule has 16 heavy (non-hydrogen) atoms. The Morgan fingerprint density at radius 1 is 1.12 bits per heavy atom. The van der Waals surface area contributed by atoms with E-state index in [0.717, 1.165) is 12.5 Å². The van der Waals surface area contributed by atoms with Crippen molar-refractivity contribution in [2.75, 3.05) is 7.05 Å². The van der Waals surface area contributed by atoms with Crippen LogP contribution in [0.15, 0.2) is 18.2 Å². The van der Waals surface area contributed by atoms with Crippen molar-refractivity contribution in [2.45, 2.75) is 32.5 Å². The molecule has 1 atom stereocenters. The molecule has 0 aliphatic rings. The van der Waals surface area contributed by atoms with Gasteiger partial charge in [-0.05, 0) is 38.9 Å². The maximum atomic E-state index is 13.0. The van der Waals surface area contributed by atoms with Crippen LogP contribution in [0.2, 0.25) is 0 Å². The van der Waals surface area contributed by atoms with Gasteiger partial charge in [0.25, 0.3) is 0 Å². The van der Waals surface area contributed by atoms with E-state index < -0.39 is 11.7 Å². The first-order chi connectivity index (χ1) is 7.22. The van der Waals surface area contributed by atoms with Crippen LogP contribution in [-0.4, -0.2) is 13.2 Å². The van der Waals surface area contributed by atoms with Crippen molar-refractivity contribution in [1.82, 2.24) is 5.32 Å². The van der Waals surface area contributed by atoms with Crippen LogP contribution in [0.3, 0.4) is 0 Å². The average molecular weight is 231 g/mol. The van der Waals surface area contributed by atoms with Gasteiger partial charge >= 0.3 is 6.18 Å². The smallest absolute Gasteiger partial charge is 0.303 e. The van der Waals surface area contributed by atoms with Gasteiger partial charge in [-0.1, -0.05) is 23.8 Å². The van der Waals surface area contributed by atoms with Crippen LogP contribution in [0.25, 0.3) is 0 Å². The van der Waals surface area contributed by atoms with E-state index in [1.165, 1.54) is 7.05 Å². The molecule has 1 N–H and O–H groups in total. The topological polar surface area (TPSA) is 12.0 Å². The van der Waals surface area contributed by atoms with Crippen molar-refractivity contribution in [2.24, 2.45) is 0 Å². The minimum atomic E-state index is -4.32. The van der Waals surface area contributed by atoms with Crippen molar-refractivity contribution in [3.63, 3.8) is 0 Å². The zero-order valence-corrected chi connectivity index (χ0v) is 9.87. The van der Waals surface area contributed by atoms with Gasteiger partial charge in [0.2, 0.25) is 0 Å². The summed E-state index contributed by atoms with van der Waals surface area (Å²) in [5.41, 5.74) is -0.253. The average Bonchev–Trinajstić information content (AvgIpc) is 2.19. The van der Waals surface area contributed by atoms with Gasteiger partial charge in [-0.2, -0.15) is 13.2 Å². The Morgan fingerprint density at radius 3 is 2.12 bits per heavy atom. The number of hydrogen-bond acceptors (Lipinski definition) is 1. The van der Waals surface area contributed by atoms with Crippen LogP contribution in [0.5, 0.6) is 0 Å². The lowest BCUT2D eigenvalue weighted by molar-refractivity contribution is -0.193. The lowest BCUT2D eigenvalue weighted by Crippen LogP contribution is -2.50. The highest BCUT2D eigenvalue weighted by Crippen LogP contribution is 2.39. The molecule has 0 amide bonds. The van der Waals surface area contributed by atoms with Crippen molar-refractivity contribution in [1.29, 1.82) is 0 Å². The highest BCUT2D eigenvalue weighted by Gasteiger charge is 2.51. The van der Waals surface area contributed by atoms with Gasteiger partial charge in [-0.15, -0.1) is 0 Å². The normalized spacial score (nSPS) is 15.9. The molecule has 0 bridgehead atoms. The van der Waals surface area contributed by atoms with E-state index in [9.17, 15) is 13.2 Å². The van der Waals surface area contributed by atoms with Gasteiger partial charge in [0.05, 0.1) is 0 Å². The number of rotatable bonds is 2. The predicted molar refractivity (Wildman–Crippen MR) is 58.4 cm³/mol. The summed E-state index contributed by atoms with van der Waals surface area (Å²) in [5.74, 6) is 0. The Kier molecular flexibility index (Phi) is 3.33. The van der Waals surface area contributed by atoms with Crippen LogP contribution >= 0.6 is 0 Å². The molecule has 0 spiro atoms. The van der Waals surface area contributed by atoms with E-state index in [2.05, 4.69) is 5.32 Å². The third-order valence-electron chi connectivity index (χ3n) is 3.00. The van der Waals surface area contributed by atoms with Gasteiger partial charge < -0.3 is 5.32 Å². The lowest BCUT2D eigenvalue weighted by atomic mass is 9.87. The van der Waals surface area contributed by atoms with Crippen molar-refractivity contribution >= 4 is 0 Å². The van der Waals surface area contributed by atoms with Gasteiger partial charge in [0.15, 0.2) is 0 Å². The second-order valence-electron chi connectivity index (χ2n) is 4.19. The van der Waals surface area contributed by atoms with Crippen molar-refractivity contribution in [3.05, 3.63) is 34.9 Å². The van der Waals surface area contributed by atoms with Gasteiger partial charge in [0, 0.05) is 0 Å². The van der Waals surface area contributed by atoms with Crippen LogP contribution in [0, 0.1) is 13.8 Å². The zero-order chi connectivity index (χ0) is 12.6. The SMILES string of the molecule is CNC(C)(c1cc(C)ccc1C)C(F)(F)F. The summed E-state index contributed by atoms with van der Waals surface area (Å²) in [6, 6.07) is 5.11. The fraction of sp³-hybridized carbons (Fsp3) is 0.500. The van der Waals surface area contributed by atoms with Crippen LogP contribution in [0.4, 0.5) is 13.2 Å². The predicted octanol–water partition coefficient (Wildman–Crippen LogP) is 3.30. The maximum absolute atomic E-state index is 13.0. The van der Waals surface area contributed by atoms with E-state index in [1.807, 2.05) is 6.07 Å². The quantitative estimate of drug-likeness (QED) is 0.823. The summed E-state index contributed by atoms with van der Waals surface area (Å²) in [5, 5.41) is 2.38. The molecule has 90 valence electrons. The largest absolute Gasteiger partial charge is 0.410 e. The Bertz CT molecular complexity index is 384. The first-order valence-electron chi connectivity index (χ1n) is 5.05. The second kappa shape index (κ2) is 4.09. The number of nitrogens with one attached hydrogen (secondary N) is 1. The molecule has 0 aliphatic heterocycles. The molecule has 1 aromatic carbocycles. The number of aryl methyl sites for hydroxylation is 2. The van der Waals surface area contributed by atoms with Crippen molar-refractivity contribution in [3.8, 4) is 0 Å². The zero-order valence-electron chi connectivity index (χ0n) is 9.87. The lowest BCUT2D eigenvalue weighted by Gasteiger charge is -2.33. The molecule has 1 aromatic rings. The number of benzene rings is 1. The van der Waals surface area contributed by atoms with Gasteiger partial charge in [-0.3, -0.25) is 0 Å². The Morgan fingerprint density at radius 2 is 1.69 bits per heavy atom. The first kappa shape index (κ1) is 13.0. The summed E-state index contributed by atoms with van der Waals surface area (Å²) >= 11 is 0. The molecule has 0 saturated heterocycles. The minimum Gasteiger partial charge on any atom is -0.303 e. The monoisotopic (exact) mass is 231 g/mol. The third-order valence-corrected chi connectivity index (χ3v) is 3.00. The molecule has 1 nitrogen and oxygen atoms in total. The second-order valence-corrected chi connectivity index (χ2v) is 4.19. The van der Waals surface area contributed by atoms with Crippen LogP contribution < -0.4 is 5.32 Å². The van der Waals surface area contributed by atoms with Crippen LogP contribution in [0.1, 0.15) is 23.6 Å². The highest BCUT2D eigenvalue weighted by atomic mass is 19.4. The van der Waals surface area contributed by atoms with E-state index in [0.29, 0.717) is 5.56 Å². The fourth-order valence-electron chi connectivity index (χ4n) is 1.70. The number of alkyl halides is 3. The summed E-state index contributed by atoms with van der Waals surface area (Å²) in [6.07, 6.45) is -4.32. The van der Waals surface area contributed by atoms with E-state index in [-0.39, 0.29) is 5.56 Å². The minimum absolute atomic E-state index is 0.280. The standard InChI is InChI=1S/C12H16F3N/c1-8-5-6-9(2)10(7-8)11(3,16-4)12(13,14)15/h5-7,16H,1-4H3. The Hall–Kier alpha value is -1.03. The molecular weight excluding hydrogens is 215 g/mol. The Balaban J connectivity index is 3.39. The molecular formula is C12H16F3N. The van der Waals surface area contributed by atoms with E-state index >= 15 is 0 Å². The number of hydrogen-bond donors (Lipinski definition) is 1. The molecule has 1 rings (SSSR count). The first-order valence-corrected chi connectivity index (χ1v) is 5.05. The van der Waals surface area contributed by atoms with E-state index in [1.54, 1.807) is 26.0 Å². The summed E-state index contributed by atoms with van der Waals surface area (Å²) in [6.45, 7) is 4.64. The molecule has 1 unspecified atom stereocenters. The molecule has 0 aromatic heterocycles. The molecule has 0 fully saturated rings. The van der Waals surface area contributed by atoms with Gasteiger partial charge in [-0.25, -0.2) is 0 Å². The van der Waals surface area contributed by atoms with Crippen LogP contribution in [-0.2, 0) is 5.54 Å². The van der Waals surface area contributed by atoms with Crippen molar-refractivity contribution < 1.29 is 13.2 Å². The molecule has 0 saturated carbocycles. The molecule has 0 radical (unpaired) electrons. The molecule has 4 heteroatoms. The molecule has 0 heterocycles.